The summed E-state index contributed by atoms with van der Waals surface area (Å²) < 4.78 is 15.5. The standard InChI is InChI=1S/C13H17NO7/c1-19-10-4-8(5-11(20-2)13(10)21-3)9(6-12(15)16)7-14(17)18/h4-5,9H,6-7H2,1-3H3,(H,15,16)/t9-/m0/s1. The summed E-state index contributed by atoms with van der Waals surface area (Å²) in [6.07, 6.45) is -0.361. The van der Waals surface area contributed by atoms with E-state index in [0.717, 1.165) is 0 Å². The molecule has 8 nitrogen and oxygen atoms in total. The number of carboxylic acids is 1. The summed E-state index contributed by atoms with van der Waals surface area (Å²) in [5, 5.41) is 19.6. The van der Waals surface area contributed by atoms with Crippen LogP contribution in [0.2, 0.25) is 0 Å². The predicted molar refractivity (Wildman–Crippen MR) is 73.0 cm³/mol. The number of hydrogen-bond acceptors (Lipinski definition) is 6. The molecule has 0 spiro atoms. The lowest BCUT2D eigenvalue weighted by atomic mass is 9.95. The highest BCUT2D eigenvalue weighted by atomic mass is 16.6. The Morgan fingerprint density at radius 3 is 2.10 bits per heavy atom. The Hall–Kier alpha value is -2.51. The number of methoxy groups -OCH3 is 3. The van der Waals surface area contributed by atoms with E-state index in [1.807, 2.05) is 0 Å². The summed E-state index contributed by atoms with van der Waals surface area (Å²) in [6.45, 7) is -0.495. The molecular formula is C13H17NO7. The molecule has 1 aromatic rings. The molecule has 21 heavy (non-hydrogen) atoms. The SMILES string of the molecule is COc1cc([C@@H](CC(=O)O)C[N+](=O)[O-])cc(OC)c1OC. The number of aliphatic carboxylic acids is 1. The normalized spacial score (nSPS) is 11.6. The van der Waals surface area contributed by atoms with Gasteiger partial charge in [0.2, 0.25) is 12.3 Å². The fraction of sp³-hybridized carbons (Fsp3) is 0.462. The van der Waals surface area contributed by atoms with E-state index >= 15 is 0 Å². The second-order valence-corrected chi connectivity index (χ2v) is 4.27. The molecule has 1 rings (SSSR count). The number of benzene rings is 1. The topological polar surface area (TPSA) is 108 Å². The van der Waals surface area contributed by atoms with Gasteiger partial charge in [0.25, 0.3) is 0 Å². The minimum Gasteiger partial charge on any atom is -0.493 e. The zero-order valence-corrected chi connectivity index (χ0v) is 12.0. The molecule has 0 unspecified atom stereocenters. The van der Waals surface area contributed by atoms with Crippen molar-refractivity contribution in [3.63, 3.8) is 0 Å². The smallest absolute Gasteiger partial charge is 0.304 e. The maximum absolute atomic E-state index is 10.9. The van der Waals surface area contributed by atoms with Gasteiger partial charge in [-0.2, -0.15) is 0 Å². The number of rotatable bonds is 8. The van der Waals surface area contributed by atoms with Crippen molar-refractivity contribution in [2.45, 2.75) is 12.3 Å². The van der Waals surface area contributed by atoms with Crippen LogP contribution < -0.4 is 14.2 Å². The van der Waals surface area contributed by atoms with Crippen LogP contribution >= 0.6 is 0 Å². The highest BCUT2D eigenvalue weighted by molar-refractivity contribution is 5.68. The van der Waals surface area contributed by atoms with Crippen LogP contribution in [0.25, 0.3) is 0 Å². The van der Waals surface area contributed by atoms with Crippen LogP contribution in [-0.2, 0) is 4.79 Å². The molecule has 1 aromatic carbocycles. The quantitative estimate of drug-likeness (QED) is 0.573. The van der Waals surface area contributed by atoms with Gasteiger partial charge in [0.15, 0.2) is 11.5 Å². The van der Waals surface area contributed by atoms with E-state index in [-0.39, 0.29) is 6.42 Å². The lowest BCUT2D eigenvalue weighted by Gasteiger charge is -2.17. The minimum atomic E-state index is -1.12. The number of ether oxygens (including phenoxy) is 3. The van der Waals surface area contributed by atoms with E-state index in [1.54, 1.807) is 0 Å². The van der Waals surface area contributed by atoms with Crippen LogP contribution in [-0.4, -0.2) is 43.9 Å². The molecule has 0 aliphatic rings. The third kappa shape index (κ3) is 4.23. The second kappa shape index (κ2) is 7.32. The van der Waals surface area contributed by atoms with E-state index < -0.39 is 23.4 Å². The van der Waals surface area contributed by atoms with Crippen LogP contribution in [0.4, 0.5) is 0 Å². The fourth-order valence-corrected chi connectivity index (χ4v) is 2.02. The van der Waals surface area contributed by atoms with Gasteiger partial charge < -0.3 is 19.3 Å². The molecule has 1 atom stereocenters. The Morgan fingerprint density at radius 1 is 1.24 bits per heavy atom. The highest BCUT2D eigenvalue weighted by Crippen LogP contribution is 2.40. The van der Waals surface area contributed by atoms with Gasteiger partial charge in [-0.25, -0.2) is 0 Å². The van der Waals surface area contributed by atoms with Crippen molar-refractivity contribution in [1.29, 1.82) is 0 Å². The van der Waals surface area contributed by atoms with Crippen LogP contribution in [0.1, 0.15) is 17.9 Å². The zero-order valence-electron chi connectivity index (χ0n) is 12.0. The van der Waals surface area contributed by atoms with Crippen molar-refractivity contribution < 1.29 is 29.0 Å². The van der Waals surface area contributed by atoms with Gasteiger partial charge in [-0.15, -0.1) is 0 Å². The second-order valence-electron chi connectivity index (χ2n) is 4.27. The van der Waals surface area contributed by atoms with Crippen molar-refractivity contribution >= 4 is 5.97 Å². The first-order valence-electron chi connectivity index (χ1n) is 6.06. The monoisotopic (exact) mass is 299 g/mol. The largest absolute Gasteiger partial charge is 0.493 e. The molecule has 0 aromatic heterocycles. The van der Waals surface area contributed by atoms with E-state index in [2.05, 4.69) is 0 Å². The van der Waals surface area contributed by atoms with Crippen LogP contribution in [0, 0.1) is 10.1 Å². The Bertz CT molecular complexity index is 488. The number of nitro groups is 1. The minimum absolute atomic E-state index is 0.325. The lowest BCUT2D eigenvalue weighted by Crippen LogP contribution is -2.16. The fourth-order valence-electron chi connectivity index (χ4n) is 2.02. The van der Waals surface area contributed by atoms with Crippen molar-refractivity contribution in [2.24, 2.45) is 0 Å². The Balaban J connectivity index is 3.29. The molecule has 0 aliphatic carbocycles. The molecule has 0 bridgehead atoms. The van der Waals surface area contributed by atoms with Gasteiger partial charge in [-0.05, 0) is 17.7 Å². The first-order chi connectivity index (χ1) is 9.92. The Kier molecular flexibility index (Phi) is 5.77. The summed E-state index contributed by atoms with van der Waals surface area (Å²) in [7, 11) is 4.27. The third-order valence-corrected chi connectivity index (χ3v) is 2.95. The molecule has 0 saturated carbocycles. The summed E-state index contributed by atoms with van der Waals surface area (Å²) in [5.74, 6) is -0.906. The van der Waals surface area contributed by atoms with Gasteiger partial charge in [0.05, 0.1) is 33.7 Å². The molecule has 0 saturated heterocycles. The summed E-state index contributed by atoms with van der Waals surface area (Å²) in [5.41, 5.74) is 0.448. The maximum atomic E-state index is 10.9. The average molecular weight is 299 g/mol. The highest BCUT2D eigenvalue weighted by Gasteiger charge is 2.24. The molecule has 0 amide bonds. The molecule has 8 heteroatoms. The van der Waals surface area contributed by atoms with Crippen molar-refractivity contribution in [3.05, 3.63) is 27.8 Å². The van der Waals surface area contributed by atoms with Crippen LogP contribution in [0.5, 0.6) is 17.2 Å². The van der Waals surface area contributed by atoms with Crippen molar-refractivity contribution in [2.75, 3.05) is 27.9 Å². The predicted octanol–water partition coefficient (Wildman–Crippen LogP) is 1.55. The Labute approximate surface area is 121 Å². The van der Waals surface area contributed by atoms with Crippen molar-refractivity contribution in [3.8, 4) is 17.2 Å². The number of hydrogen-bond donors (Lipinski definition) is 1. The molecule has 116 valence electrons. The third-order valence-electron chi connectivity index (χ3n) is 2.95. The average Bonchev–Trinajstić information content (AvgIpc) is 2.43. The van der Waals surface area contributed by atoms with E-state index in [1.165, 1.54) is 33.5 Å². The van der Waals surface area contributed by atoms with Crippen LogP contribution in [0.15, 0.2) is 12.1 Å². The number of carbonyl (C=O) groups is 1. The number of carboxylic acid groups (broad SMARTS) is 1. The zero-order chi connectivity index (χ0) is 16.0. The molecule has 0 fully saturated rings. The molecule has 0 aliphatic heterocycles. The van der Waals surface area contributed by atoms with Gasteiger partial charge in [0, 0.05) is 4.92 Å². The molecular weight excluding hydrogens is 282 g/mol. The van der Waals surface area contributed by atoms with Gasteiger partial charge in [-0.1, -0.05) is 0 Å². The van der Waals surface area contributed by atoms with E-state index in [0.29, 0.717) is 22.8 Å². The maximum Gasteiger partial charge on any atom is 0.304 e. The van der Waals surface area contributed by atoms with Gasteiger partial charge in [0.1, 0.15) is 0 Å². The van der Waals surface area contributed by atoms with Gasteiger partial charge in [-0.3, -0.25) is 14.9 Å². The number of nitrogens with zero attached hydrogens (tertiary/aromatic N) is 1. The first-order valence-corrected chi connectivity index (χ1v) is 6.06. The van der Waals surface area contributed by atoms with Crippen molar-refractivity contribution in [1.82, 2.24) is 0 Å². The summed E-state index contributed by atoms with van der Waals surface area (Å²) in [6, 6.07) is 3.05. The molecule has 1 N–H and O–H groups in total. The molecule has 0 heterocycles. The Morgan fingerprint density at radius 2 is 1.76 bits per heavy atom. The summed E-state index contributed by atoms with van der Waals surface area (Å²) in [4.78, 5) is 21.1. The van der Waals surface area contributed by atoms with Crippen LogP contribution in [0.3, 0.4) is 0 Å². The lowest BCUT2D eigenvalue weighted by molar-refractivity contribution is -0.483. The summed E-state index contributed by atoms with van der Waals surface area (Å²) >= 11 is 0. The van der Waals surface area contributed by atoms with E-state index in [4.69, 9.17) is 19.3 Å². The molecule has 0 radical (unpaired) electrons. The first kappa shape index (κ1) is 16.5. The van der Waals surface area contributed by atoms with Gasteiger partial charge >= 0.3 is 5.97 Å². The van der Waals surface area contributed by atoms with E-state index in [9.17, 15) is 14.9 Å².